The third-order valence-electron chi connectivity index (χ3n) is 3.01. The molecule has 2 rings (SSSR count). The van der Waals surface area contributed by atoms with Crippen LogP contribution >= 0.6 is 11.6 Å². The van der Waals surface area contributed by atoms with Crippen LogP contribution in [-0.2, 0) is 4.79 Å². The van der Waals surface area contributed by atoms with E-state index in [4.69, 9.17) is 11.6 Å². The Morgan fingerprint density at radius 1 is 1.37 bits per heavy atom. The van der Waals surface area contributed by atoms with Gasteiger partial charge >= 0.3 is 6.03 Å². The number of urea groups is 1. The van der Waals surface area contributed by atoms with Gasteiger partial charge in [-0.1, -0.05) is 11.6 Å². The quantitative estimate of drug-likeness (QED) is 0.776. The summed E-state index contributed by atoms with van der Waals surface area (Å²) in [6, 6.07) is 3.16. The number of aryl methyl sites for hydroxylation is 2. The topological polar surface area (TPSA) is 70.2 Å². The van der Waals surface area contributed by atoms with E-state index < -0.39 is 0 Å². The van der Waals surface area contributed by atoms with Crippen molar-refractivity contribution in [2.75, 3.05) is 11.9 Å². The molecule has 0 bridgehead atoms. The largest absolute Gasteiger partial charge is 0.354 e. The molecule has 0 aliphatic carbocycles. The third kappa shape index (κ3) is 3.38. The van der Waals surface area contributed by atoms with Gasteiger partial charge in [-0.2, -0.15) is 0 Å². The molecule has 3 amide bonds. The van der Waals surface area contributed by atoms with Crippen molar-refractivity contribution in [2.45, 2.75) is 26.3 Å². The Labute approximate surface area is 116 Å². The van der Waals surface area contributed by atoms with Crippen molar-refractivity contribution >= 4 is 29.2 Å². The van der Waals surface area contributed by atoms with E-state index in [1.54, 1.807) is 0 Å². The highest BCUT2D eigenvalue weighted by atomic mass is 35.5. The summed E-state index contributed by atoms with van der Waals surface area (Å²) in [5.41, 5.74) is 2.51. The SMILES string of the molecule is Cc1cc(NC(=O)N[C@@H]2CNC(=O)C2)cc(C)c1Cl. The van der Waals surface area contributed by atoms with Crippen LogP contribution in [0.15, 0.2) is 12.1 Å². The molecule has 1 aromatic carbocycles. The van der Waals surface area contributed by atoms with E-state index in [-0.39, 0.29) is 18.0 Å². The first-order chi connectivity index (χ1) is 8.95. The average molecular weight is 282 g/mol. The maximum absolute atomic E-state index is 11.8. The van der Waals surface area contributed by atoms with Crippen molar-refractivity contribution in [3.05, 3.63) is 28.3 Å². The van der Waals surface area contributed by atoms with Crippen LogP contribution in [0.5, 0.6) is 0 Å². The summed E-state index contributed by atoms with van der Waals surface area (Å²) < 4.78 is 0. The summed E-state index contributed by atoms with van der Waals surface area (Å²) in [6.07, 6.45) is 0.325. The van der Waals surface area contributed by atoms with Gasteiger partial charge in [-0.25, -0.2) is 4.79 Å². The fraction of sp³-hybridized carbons (Fsp3) is 0.385. The minimum absolute atomic E-state index is 0.0384. The molecule has 6 heteroatoms. The number of nitrogens with one attached hydrogen (secondary N) is 3. The molecular formula is C13H16ClN3O2. The maximum atomic E-state index is 11.8. The lowest BCUT2D eigenvalue weighted by Gasteiger charge is -2.13. The smallest absolute Gasteiger partial charge is 0.319 e. The molecule has 0 radical (unpaired) electrons. The van der Waals surface area contributed by atoms with Crippen molar-refractivity contribution in [3.63, 3.8) is 0 Å². The second-order valence-corrected chi connectivity index (χ2v) is 5.11. The minimum Gasteiger partial charge on any atom is -0.354 e. The molecule has 1 fully saturated rings. The van der Waals surface area contributed by atoms with Crippen molar-refractivity contribution in [2.24, 2.45) is 0 Å². The fourth-order valence-electron chi connectivity index (χ4n) is 2.08. The summed E-state index contributed by atoms with van der Waals surface area (Å²) in [6.45, 7) is 4.25. The third-order valence-corrected chi connectivity index (χ3v) is 3.60. The second-order valence-electron chi connectivity index (χ2n) is 4.73. The van der Waals surface area contributed by atoms with Crippen LogP contribution in [0.1, 0.15) is 17.5 Å². The second kappa shape index (κ2) is 5.48. The van der Waals surface area contributed by atoms with Gasteiger partial charge in [-0.15, -0.1) is 0 Å². The van der Waals surface area contributed by atoms with Gasteiger partial charge in [0.15, 0.2) is 0 Å². The number of hydrogen-bond donors (Lipinski definition) is 3. The molecule has 0 aromatic heterocycles. The van der Waals surface area contributed by atoms with Crippen LogP contribution in [0.4, 0.5) is 10.5 Å². The number of hydrogen-bond acceptors (Lipinski definition) is 2. The zero-order chi connectivity index (χ0) is 14.0. The van der Waals surface area contributed by atoms with E-state index in [1.165, 1.54) is 0 Å². The Balaban J connectivity index is 1.97. The van der Waals surface area contributed by atoms with E-state index in [9.17, 15) is 9.59 Å². The molecule has 3 N–H and O–H groups in total. The molecule has 1 aliphatic heterocycles. The number of carbonyl (C=O) groups is 2. The molecule has 102 valence electrons. The Kier molecular flexibility index (Phi) is 3.95. The normalized spacial score (nSPS) is 18.1. The highest BCUT2D eigenvalue weighted by molar-refractivity contribution is 6.32. The summed E-state index contributed by atoms with van der Waals surface area (Å²) in [5, 5.41) is 8.86. The molecule has 0 unspecified atom stereocenters. The average Bonchev–Trinajstić information content (AvgIpc) is 2.71. The predicted molar refractivity (Wildman–Crippen MR) is 74.5 cm³/mol. The van der Waals surface area contributed by atoms with Crippen LogP contribution in [0.25, 0.3) is 0 Å². The van der Waals surface area contributed by atoms with Crippen LogP contribution in [0, 0.1) is 13.8 Å². The zero-order valence-electron chi connectivity index (χ0n) is 10.8. The van der Waals surface area contributed by atoms with E-state index >= 15 is 0 Å². The van der Waals surface area contributed by atoms with Gasteiger partial charge in [0.25, 0.3) is 0 Å². The standard InChI is InChI=1S/C13H16ClN3O2/c1-7-3-9(4-8(2)12(7)14)16-13(19)17-10-5-11(18)15-6-10/h3-4,10H,5-6H2,1-2H3,(H,15,18)(H2,16,17,19)/t10-/m0/s1. The molecular weight excluding hydrogens is 266 g/mol. The van der Waals surface area contributed by atoms with Gasteiger partial charge in [-0.05, 0) is 37.1 Å². The number of benzene rings is 1. The van der Waals surface area contributed by atoms with E-state index in [0.717, 1.165) is 11.1 Å². The van der Waals surface area contributed by atoms with Gasteiger partial charge in [0.1, 0.15) is 0 Å². The van der Waals surface area contributed by atoms with E-state index in [0.29, 0.717) is 23.7 Å². The van der Waals surface area contributed by atoms with Crippen molar-refractivity contribution < 1.29 is 9.59 Å². The van der Waals surface area contributed by atoms with Gasteiger partial charge in [0.05, 0.1) is 6.04 Å². The Morgan fingerprint density at radius 3 is 2.53 bits per heavy atom. The van der Waals surface area contributed by atoms with Crippen molar-refractivity contribution in [1.82, 2.24) is 10.6 Å². The Morgan fingerprint density at radius 2 is 2.00 bits per heavy atom. The first-order valence-electron chi connectivity index (χ1n) is 6.06. The van der Waals surface area contributed by atoms with Gasteiger partial charge in [0, 0.05) is 23.7 Å². The fourth-order valence-corrected chi connectivity index (χ4v) is 2.19. The number of anilines is 1. The molecule has 1 aliphatic rings. The van der Waals surface area contributed by atoms with Crippen molar-refractivity contribution in [3.8, 4) is 0 Å². The maximum Gasteiger partial charge on any atom is 0.319 e. The van der Waals surface area contributed by atoms with Gasteiger partial charge < -0.3 is 16.0 Å². The molecule has 0 saturated carbocycles. The first-order valence-corrected chi connectivity index (χ1v) is 6.44. The van der Waals surface area contributed by atoms with Crippen LogP contribution < -0.4 is 16.0 Å². The molecule has 0 spiro atoms. The molecule has 19 heavy (non-hydrogen) atoms. The molecule has 5 nitrogen and oxygen atoms in total. The van der Waals surface area contributed by atoms with Crippen LogP contribution in [-0.4, -0.2) is 24.5 Å². The zero-order valence-corrected chi connectivity index (χ0v) is 11.6. The summed E-state index contributed by atoms with van der Waals surface area (Å²) in [4.78, 5) is 22.8. The van der Waals surface area contributed by atoms with Gasteiger partial charge in [-0.3, -0.25) is 4.79 Å². The van der Waals surface area contributed by atoms with E-state index in [2.05, 4.69) is 16.0 Å². The van der Waals surface area contributed by atoms with Crippen molar-refractivity contribution in [1.29, 1.82) is 0 Å². The number of carbonyl (C=O) groups excluding carboxylic acids is 2. The first kappa shape index (κ1) is 13.7. The number of amides is 3. The monoisotopic (exact) mass is 281 g/mol. The lowest BCUT2D eigenvalue weighted by molar-refractivity contribution is -0.119. The lowest BCUT2D eigenvalue weighted by atomic mass is 10.1. The molecule has 1 saturated heterocycles. The van der Waals surface area contributed by atoms with E-state index in [1.807, 2.05) is 26.0 Å². The van der Waals surface area contributed by atoms with Crippen LogP contribution in [0.3, 0.4) is 0 Å². The summed E-state index contributed by atoms with van der Waals surface area (Å²) >= 11 is 6.07. The summed E-state index contributed by atoms with van der Waals surface area (Å²) in [5.74, 6) is -0.0384. The lowest BCUT2D eigenvalue weighted by Crippen LogP contribution is -2.39. The molecule has 1 atom stereocenters. The highest BCUT2D eigenvalue weighted by Crippen LogP contribution is 2.24. The number of halogens is 1. The Bertz CT molecular complexity index is 508. The number of rotatable bonds is 2. The Hall–Kier alpha value is -1.75. The minimum atomic E-state index is -0.317. The van der Waals surface area contributed by atoms with Crippen LogP contribution in [0.2, 0.25) is 5.02 Å². The molecule has 1 aromatic rings. The molecule has 1 heterocycles. The van der Waals surface area contributed by atoms with Gasteiger partial charge in [0.2, 0.25) is 5.91 Å². The highest BCUT2D eigenvalue weighted by Gasteiger charge is 2.22. The summed E-state index contributed by atoms with van der Waals surface area (Å²) in [7, 11) is 0. The predicted octanol–water partition coefficient (Wildman–Crippen LogP) is 1.97.